The van der Waals surface area contributed by atoms with Crippen LogP contribution in [0.2, 0.25) is 0 Å². The van der Waals surface area contributed by atoms with Crippen molar-refractivity contribution in [3.8, 4) is 0 Å². The van der Waals surface area contributed by atoms with Gasteiger partial charge in [-0.15, -0.1) is 0 Å². The Hall–Kier alpha value is -2.43. The van der Waals surface area contributed by atoms with E-state index >= 15 is 0 Å². The van der Waals surface area contributed by atoms with E-state index < -0.39 is 0 Å². The second-order valence-electron chi connectivity index (χ2n) is 5.74. The van der Waals surface area contributed by atoms with Crippen LogP contribution in [0.15, 0.2) is 42.6 Å². The molecule has 0 aliphatic carbocycles. The quantitative estimate of drug-likeness (QED) is 0.920. The highest BCUT2D eigenvalue weighted by molar-refractivity contribution is 5.90. The van der Waals surface area contributed by atoms with Gasteiger partial charge >= 0.3 is 0 Å². The predicted octanol–water partition coefficient (Wildman–Crippen LogP) is 3.39. The van der Waals surface area contributed by atoms with E-state index in [0.717, 1.165) is 18.9 Å². The summed E-state index contributed by atoms with van der Waals surface area (Å²) < 4.78 is 13.5. The second-order valence-corrected chi connectivity index (χ2v) is 5.74. The number of amides is 1. The van der Waals surface area contributed by atoms with Gasteiger partial charge in [0.15, 0.2) is 0 Å². The minimum atomic E-state index is -0.267. The van der Waals surface area contributed by atoms with E-state index in [1.807, 2.05) is 12.1 Å². The zero-order valence-electron chi connectivity index (χ0n) is 13.0. The summed E-state index contributed by atoms with van der Waals surface area (Å²) in [5.74, 6) is 0.549. The minimum Gasteiger partial charge on any atom is -0.357 e. The van der Waals surface area contributed by atoms with Crippen LogP contribution >= 0.6 is 0 Å². The number of pyridine rings is 1. The molecule has 1 fully saturated rings. The standard InChI is InChI=1S/C18H20FN3O/c19-16-6-2-1-5-14(16)7-10-18(23)21-15-8-9-17(20-13-15)22-11-3-4-12-22/h1-2,5-6,8-9,13H,3-4,7,10-12H2,(H,21,23). The van der Waals surface area contributed by atoms with Gasteiger partial charge in [0.2, 0.25) is 5.91 Å². The Kier molecular flexibility index (Phi) is 4.86. The average Bonchev–Trinajstić information content (AvgIpc) is 3.09. The fraction of sp³-hybridized carbons (Fsp3) is 0.333. The molecular weight excluding hydrogens is 293 g/mol. The number of benzene rings is 1. The molecule has 23 heavy (non-hydrogen) atoms. The monoisotopic (exact) mass is 313 g/mol. The van der Waals surface area contributed by atoms with Crippen molar-refractivity contribution in [2.45, 2.75) is 25.7 Å². The molecule has 2 aromatic rings. The van der Waals surface area contributed by atoms with Crippen LogP contribution in [0, 0.1) is 5.82 Å². The summed E-state index contributed by atoms with van der Waals surface area (Å²) in [4.78, 5) is 18.6. The van der Waals surface area contributed by atoms with Gasteiger partial charge in [-0.2, -0.15) is 0 Å². The van der Waals surface area contributed by atoms with E-state index in [1.54, 1.807) is 24.4 Å². The molecule has 1 aromatic heterocycles. The Morgan fingerprint density at radius 1 is 1.17 bits per heavy atom. The van der Waals surface area contributed by atoms with Crippen molar-refractivity contribution in [3.63, 3.8) is 0 Å². The van der Waals surface area contributed by atoms with E-state index in [0.29, 0.717) is 17.7 Å². The first-order valence-corrected chi connectivity index (χ1v) is 7.96. The number of rotatable bonds is 5. The normalized spacial score (nSPS) is 14.0. The topological polar surface area (TPSA) is 45.2 Å². The highest BCUT2D eigenvalue weighted by Gasteiger charge is 2.13. The molecule has 0 radical (unpaired) electrons. The van der Waals surface area contributed by atoms with E-state index in [-0.39, 0.29) is 18.1 Å². The third-order valence-corrected chi connectivity index (χ3v) is 4.04. The molecule has 2 heterocycles. The van der Waals surface area contributed by atoms with Crippen LogP contribution in [0.3, 0.4) is 0 Å². The van der Waals surface area contributed by atoms with Crippen molar-refractivity contribution < 1.29 is 9.18 Å². The van der Waals surface area contributed by atoms with Crippen LogP contribution in [0.25, 0.3) is 0 Å². The Bertz CT molecular complexity index is 666. The molecule has 1 aliphatic rings. The Morgan fingerprint density at radius 3 is 2.65 bits per heavy atom. The molecule has 0 unspecified atom stereocenters. The van der Waals surface area contributed by atoms with Gasteiger partial charge in [-0.3, -0.25) is 4.79 Å². The zero-order chi connectivity index (χ0) is 16.1. The summed E-state index contributed by atoms with van der Waals surface area (Å²) >= 11 is 0. The second kappa shape index (κ2) is 7.22. The lowest BCUT2D eigenvalue weighted by Gasteiger charge is -2.16. The average molecular weight is 313 g/mol. The van der Waals surface area contributed by atoms with Crippen LogP contribution in [-0.2, 0) is 11.2 Å². The number of hydrogen-bond donors (Lipinski definition) is 1. The number of carbonyl (C=O) groups is 1. The van der Waals surface area contributed by atoms with E-state index in [2.05, 4.69) is 15.2 Å². The van der Waals surface area contributed by atoms with Crippen molar-refractivity contribution in [3.05, 3.63) is 54.0 Å². The van der Waals surface area contributed by atoms with Crippen molar-refractivity contribution >= 4 is 17.4 Å². The maximum atomic E-state index is 13.5. The smallest absolute Gasteiger partial charge is 0.224 e. The number of anilines is 2. The molecule has 1 aromatic carbocycles. The van der Waals surface area contributed by atoms with E-state index in [4.69, 9.17) is 0 Å². The molecule has 0 bridgehead atoms. The lowest BCUT2D eigenvalue weighted by molar-refractivity contribution is -0.116. The van der Waals surface area contributed by atoms with Crippen molar-refractivity contribution in [1.29, 1.82) is 0 Å². The molecule has 0 saturated carbocycles. The Morgan fingerprint density at radius 2 is 1.96 bits per heavy atom. The van der Waals surface area contributed by atoms with Crippen molar-refractivity contribution in [2.75, 3.05) is 23.3 Å². The van der Waals surface area contributed by atoms with Crippen LogP contribution in [0.4, 0.5) is 15.9 Å². The molecular formula is C18H20FN3O. The number of aryl methyl sites for hydroxylation is 1. The number of halogens is 1. The lowest BCUT2D eigenvalue weighted by atomic mass is 10.1. The summed E-state index contributed by atoms with van der Waals surface area (Å²) in [5, 5.41) is 2.81. The molecule has 0 atom stereocenters. The first kappa shape index (κ1) is 15.5. The summed E-state index contributed by atoms with van der Waals surface area (Å²) in [6.07, 6.45) is 4.72. The summed E-state index contributed by atoms with van der Waals surface area (Å²) in [7, 11) is 0. The Balaban J connectivity index is 1.52. The molecule has 1 aliphatic heterocycles. The van der Waals surface area contributed by atoms with Gasteiger partial charge in [0, 0.05) is 19.5 Å². The number of nitrogens with one attached hydrogen (secondary N) is 1. The molecule has 5 heteroatoms. The molecule has 0 spiro atoms. The number of nitrogens with zero attached hydrogens (tertiary/aromatic N) is 2. The van der Waals surface area contributed by atoms with Gasteiger partial charge in [-0.1, -0.05) is 18.2 Å². The molecule has 3 rings (SSSR count). The maximum absolute atomic E-state index is 13.5. The fourth-order valence-corrected chi connectivity index (χ4v) is 2.77. The molecule has 1 N–H and O–H groups in total. The summed E-state index contributed by atoms with van der Waals surface area (Å²) in [5.41, 5.74) is 1.23. The van der Waals surface area contributed by atoms with Gasteiger partial charge in [0.1, 0.15) is 11.6 Å². The fourth-order valence-electron chi connectivity index (χ4n) is 2.77. The van der Waals surface area contributed by atoms with Crippen LogP contribution in [0.1, 0.15) is 24.8 Å². The Labute approximate surface area is 135 Å². The van der Waals surface area contributed by atoms with Gasteiger partial charge < -0.3 is 10.2 Å². The SMILES string of the molecule is O=C(CCc1ccccc1F)Nc1ccc(N2CCCC2)nc1. The number of hydrogen-bond acceptors (Lipinski definition) is 3. The van der Waals surface area contributed by atoms with Gasteiger partial charge in [-0.05, 0) is 43.0 Å². The zero-order valence-corrected chi connectivity index (χ0v) is 13.0. The van der Waals surface area contributed by atoms with Gasteiger partial charge in [0.05, 0.1) is 11.9 Å². The van der Waals surface area contributed by atoms with Crippen LogP contribution in [0.5, 0.6) is 0 Å². The van der Waals surface area contributed by atoms with Gasteiger partial charge in [0.25, 0.3) is 0 Å². The summed E-state index contributed by atoms with van der Waals surface area (Å²) in [6.45, 7) is 2.09. The first-order valence-electron chi connectivity index (χ1n) is 7.96. The predicted molar refractivity (Wildman–Crippen MR) is 89.0 cm³/mol. The third-order valence-electron chi connectivity index (χ3n) is 4.04. The minimum absolute atomic E-state index is 0.135. The molecule has 120 valence electrons. The largest absolute Gasteiger partial charge is 0.357 e. The highest BCUT2D eigenvalue weighted by Crippen LogP contribution is 2.19. The van der Waals surface area contributed by atoms with Crippen LogP contribution < -0.4 is 10.2 Å². The van der Waals surface area contributed by atoms with Crippen molar-refractivity contribution in [2.24, 2.45) is 0 Å². The molecule has 1 amide bonds. The highest BCUT2D eigenvalue weighted by atomic mass is 19.1. The van der Waals surface area contributed by atoms with Crippen LogP contribution in [-0.4, -0.2) is 24.0 Å². The van der Waals surface area contributed by atoms with Crippen molar-refractivity contribution in [1.82, 2.24) is 4.98 Å². The number of aromatic nitrogens is 1. The van der Waals surface area contributed by atoms with Gasteiger partial charge in [-0.25, -0.2) is 9.37 Å². The molecule has 1 saturated heterocycles. The first-order chi connectivity index (χ1) is 11.2. The third kappa shape index (κ3) is 4.06. The van der Waals surface area contributed by atoms with E-state index in [1.165, 1.54) is 18.9 Å². The molecule has 4 nitrogen and oxygen atoms in total. The lowest BCUT2D eigenvalue weighted by Crippen LogP contribution is -2.19. The summed E-state index contributed by atoms with van der Waals surface area (Å²) in [6, 6.07) is 10.3. The number of carbonyl (C=O) groups excluding carboxylic acids is 1. The maximum Gasteiger partial charge on any atom is 0.224 e. The van der Waals surface area contributed by atoms with E-state index in [9.17, 15) is 9.18 Å².